The molecule has 3 N–H and O–H groups in total. The number of nitrogens with zero attached hydrogens (tertiary/aromatic N) is 1. The number of carbonyl (C=O) groups excluding carboxylic acids is 2. The van der Waals surface area contributed by atoms with Gasteiger partial charge in [0.15, 0.2) is 12.0 Å². The molecule has 3 aromatic heterocycles. The smallest absolute Gasteiger partial charge is 0.291 e. The van der Waals surface area contributed by atoms with Crippen molar-refractivity contribution in [1.29, 1.82) is 0 Å². The van der Waals surface area contributed by atoms with Crippen LogP contribution >= 0.6 is 0 Å². The van der Waals surface area contributed by atoms with Crippen molar-refractivity contribution >= 4 is 17.8 Å². The fourth-order valence-corrected chi connectivity index (χ4v) is 3.14. The van der Waals surface area contributed by atoms with E-state index in [9.17, 15) is 9.59 Å². The fourth-order valence-electron chi connectivity index (χ4n) is 3.14. The number of nitrogens with one attached hydrogen (secondary N) is 3. The summed E-state index contributed by atoms with van der Waals surface area (Å²) in [7, 11) is 1.96. The Kier molecular flexibility index (Phi) is 14.9. The van der Waals surface area contributed by atoms with Gasteiger partial charge >= 0.3 is 0 Å². The van der Waals surface area contributed by atoms with Gasteiger partial charge in [-0.05, 0) is 74.8 Å². The Morgan fingerprint density at radius 1 is 1.17 bits per heavy atom. The lowest BCUT2D eigenvalue weighted by Crippen LogP contribution is -2.22. The molecule has 0 aliphatic heterocycles. The zero-order valence-electron chi connectivity index (χ0n) is 22.4. The van der Waals surface area contributed by atoms with Crippen molar-refractivity contribution in [2.75, 3.05) is 13.6 Å². The minimum atomic E-state index is -0.284. The molecule has 0 aromatic carbocycles. The van der Waals surface area contributed by atoms with Crippen LogP contribution < -0.4 is 10.6 Å². The summed E-state index contributed by atoms with van der Waals surface area (Å²) in [5.41, 5.74) is 4.82. The van der Waals surface area contributed by atoms with Crippen LogP contribution in [-0.4, -0.2) is 35.8 Å². The van der Waals surface area contributed by atoms with Crippen molar-refractivity contribution in [2.24, 2.45) is 0 Å². The van der Waals surface area contributed by atoms with Crippen LogP contribution in [0.2, 0.25) is 0 Å². The van der Waals surface area contributed by atoms with Crippen molar-refractivity contribution in [1.82, 2.24) is 20.6 Å². The lowest BCUT2D eigenvalue weighted by molar-refractivity contribution is 0.0937. The third-order valence-corrected chi connectivity index (χ3v) is 4.86. The highest BCUT2D eigenvalue weighted by Crippen LogP contribution is 2.24. The molecule has 1 amide bonds. The summed E-state index contributed by atoms with van der Waals surface area (Å²) in [5, 5.41) is 5.92. The zero-order valence-corrected chi connectivity index (χ0v) is 22.4. The summed E-state index contributed by atoms with van der Waals surface area (Å²) < 4.78 is 5.16. The molecule has 0 atom stereocenters. The number of pyridine rings is 1. The van der Waals surface area contributed by atoms with E-state index < -0.39 is 0 Å². The molecule has 194 valence electrons. The van der Waals surface area contributed by atoms with E-state index in [4.69, 9.17) is 4.42 Å². The van der Waals surface area contributed by atoms with Gasteiger partial charge < -0.3 is 20.0 Å². The van der Waals surface area contributed by atoms with Crippen LogP contribution in [0.15, 0.2) is 71.3 Å². The normalized spacial score (nSPS) is 11.1. The van der Waals surface area contributed by atoms with Crippen LogP contribution in [-0.2, 0) is 0 Å². The largest absolute Gasteiger partial charge is 0.459 e. The Bertz CT molecular complexity index is 1090. The minimum absolute atomic E-state index is 0.267. The Balaban J connectivity index is 0.000000826. The highest BCUT2D eigenvalue weighted by molar-refractivity contribution is 5.93. The number of carbonyl (C=O) groups is 2. The number of aromatic amines is 1. The molecule has 0 saturated carbocycles. The van der Waals surface area contributed by atoms with Gasteiger partial charge in [-0.3, -0.25) is 14.6 Å². The summed E-state index contributed by atoms with van der Waals surface area (Å²) in [5.74, 6) is -0.0170. The van der Waals surface area contributed by atoms with Crippen molar-refractivity contribution in [3.05, 3.63) is 83.9 Å². The molecule has 36 heavy (non-hydrogen) atoms. The van der Waals surface area contributed by atoms with Gasteiger partial charge in [0.05, 0.1) is 12.0 Å². The van der Waals surface area contributed by atoms with Gasteiger partial charge in [-0.1, -0.05) is 40.7 Å². The summed E-state index contributed by atoms with van der Waals surface area (Å²) >= 11 is 0. The van der Waals surface area contributed by atoms with E-state index in [1.165, 1.54) is 12.7 Å². The molecular weight excluding hydrogens is 452 g/mol. The summed E-state index contributed by atoms with van der Waals surface area (Å²) in [6.07, 6.45) is 12.4. The van der Waals surface area contributed by atoms with Crippen molar-refractivity contribution in [3.8, 4) is 11.3 Å². The number of furan rings is 1. The van der Waals surface area contributed by atoms with E-state index >= 15 is 0 Å². The zero-order chi connectivity index (χ0) is 26.8. The fraction of sp³-hybridized carbons (Fsp3) is 0.345. The standard InChI is InChI=1S/C23H23N3O3.C4H11N.C2H6/c1-3-6-17(12-19(4-2)26-23(28)22-7-5-10-29-22)21-13-18(8-9-24-21)20-11-16(15-27)14-25-20;1-3-4-5-2;1-2/h5-15,25H,3-4H2,1-2H3,(H,26,28);5H,3-4H2,1-2H3;1-2H3/b17-6+,19-12+;;. The SMILES string of the molecule is CC.CC/C=C(\C=C(/CC)NC(=O)c1ccco1)c1cc(-c2cc(C=O)c[nH]2)ccn1.CCCNC. The molecule has 0 unspecified atom stereocenters. The molecule has 7 nitrogen and oxygen atoms in total. The molecule has 0 fully saturated rings. The molecular formula is C29H40N4O3. The van der Waals surface area contributed by atoms with Crippen LogP contribution in [0.1, 0.15) is 80.5 Å². The molecule has 0 bridgehead atoms. The maximum atomic E-state index is 12.3. The molecule has 7 heteroatoms. The van der Waals surface area contributed by atoms with E-state index in [-0.39, 0.29) is 11.7 Å². The average Bonchev–Trinajstić information content (AvgIpc) is 3.63. The number of H-pyrrole nitrogens is 1. The summed E-state index contributed by atoms with van der Waals surface area (Å²) in [6.45, 7) is 11.3. The molecule has 3 heterocycles. The van der Waals surface area contributed by atoms with Crippen LogP contribution in [0.25, 0.3) is 16.8 Å². The lowest BCUT2D eigenvalue weighted by Gasteiger charge is -2.10. The lowest BCUT2D eigenvalue weighted by atomic mass is 10.0. The second kappa shape index (κ2) is 17.7. The first-order chi connectivity index (χ1) is 17.6. The summed E-state index contributed by atoms with van der Waals surface area (Å²) in [4.78, 5) is 30.9. The van der Waals surface area contributed by atoms with Crippen LogP contribution in [0.4, 0.5) is 0 Å². The number of rotatable bonds is 10. The van der Waals surface area contributed by atoms with Gasteiger partial charge in [0.2, 0.25) is 0 Å². The van der Waals surface area contributed by atoms with Crippen LogP contribution in [0.3, 0.4) is 0 Å². The maximum absolute atomic E-state index is 12.3. The molecule has 0 spiro atoms. The Morgan fingerprint density at radius 3 is 2.47 bits per heavy atom. The van der Waals surface area contributed by atoms with E-state index in [0.29, 0.717) is 12.0 Å². The first kappa shape index (κ1) is 30.3. The predicted molar refractivity (Wildman–Crippen MR) is 148 cm³/mol. The Labute approximate surface area is 215 Å². The number of amides is 1. The van der Waals surface area contributed by atoms with Gasteiger partial charge in [0.25, 0.3) is 5.91 Å². The molecule has 0 saturated heterocycles. The number of allylic oxidation sites excluding steroid dienone is 4. The van der Waals surface area contributed by atoms with Crippen molar-refractivity contribution in [2.45, 2.75) is 53.9 Å². The second-order valence-electron chi connectivity index (χ2n) is 7.52. The Morgan fingerprint density at radius 2 is 1.94 bits per heavy atom. The number of hydrogen-bond acceptors (Lipinski definition) is 5. The van der Waals surface area contributed by atoms with E-state index in [1.807, 2.05) is 53.0 Å². The monoisotopic (exact) mass is 492 g/mol. The molecule has 3 aromatic rings. The van der Waals surface area contributed by atoms with E-state index in [1.54, 1.807) is 30.6 Å². The number of aromatic nitrogens is 2. The van der Waals surface area contributed by atoms with Gasteiger partial charge in [-0.2, -0.15) is 0 Å². The first-order valence-corrected chi connectivity index (χ1v) is 12.6. The van der Waals surface area contributed by atoms with Gasteiger partial charge in [0, 0.05) is 34.9 Å². The van der Waals surface area contributed by atoms with E-state index in [0.717, 1.165) is 47.5 Å². The van der Waals surface area contributed by atoms with Gasteiger partial charge in [-0.15, -0.1) is 0 Å². The predicted octanol–water partition coefficient (Wildman–Crippen LogP) is 6.64. The second-order valence-corrected chi connectivity index (χ2v) is 7.52. The number of hydrogen-bond donors (Lipinski definition) is 3. The van der Waals surface area contributed by atoms with Gasteiger partial charge in [0.1, 0.15) is 0 Å². The van der Waals surface area contributed by atoms with Crippen molar-refractivity contribution < 1.29 is 14.0 Å². The number of aldehydes is 1. The quantitative estimate of drug-likeness (QED) is 0.217. The highest BCUT2D eigenvalue weighted by Gasteiger charge is 2.11. The van der Waals surface area contributed by atoms with Crippen LogP contribution in [0, 0.1) is 0 Å². The minimum Gasteiger partial charge on any atom is -0.459 e. The third-order valence-electron chi connectivity index (χ3n) is 4.86. The molecule has 0 aliphatic rings. The molecule has 0 aliphatic carbocycles. The highest BCUT2D eigenvalue weighted by atomic mass is 16.3. The third kappa shape index (κ3) is 9.88. The maximum Gasteiger partial charge on any atom is 0.291 e. The topological polar surface area (TPSA) is 100 Å². The first-order valence-electron chi connectivity index (χ1n) is 12.6. The van der Waals surface area contributed by atoms with Gasteiger partial charge in [-0.25, -0.2) is 0 Å². The van der Waals surface area contributed by atoms with Crippen molar-refractivity contribution in [3.63, 3.8) is 0 Å². The summed E-state index contributed by atoms with van der Waals surface area (Å²) in [6, 6.07) is 8.95. The molecule has 3 rings (SSSR count). The van der Waals surface area contributed by atoms with Crippen LogP contribution in [0.5, 0.6) is 0 Å². The van der Waals surface area contributed by atoms with E-state index in [2.05, 4.69) is 33.6 Å². The Hall–Kier alpha value is -3.71. The average molecular weight is 493 g/mol. The molecule has 0 radical (unpaired) electrons.